The summed E-state index contributed by atoms with van der Waals surface area (Å²) in [7, 11) is 0. The quantitative estimate of drug-likeness (QED) is 0.423. The van der Waals surface area contributed by atoms with Gasteiger partial charge in [-0.25, -0.2) is 4.79 Å². The van der Waals surface area contributed by atoms with Gasteiger partial charge in [-0.1, -0.05) is 48.5 Å². The first-order valence-electron chi connectivity index (χ1n) is 9.59. The van der Waals surface area contributed by atoms with Gasteiger partial charge in [-0.15, -0.1) is 0 Å². The molecular weight excluding hydrogens is 398 g/mol. The normalized spacial score (nSPS) is 10.1. The second-order valence-corrected chi connectivity index (χ2v) is 6.33. The van der Waals surface area contributed by atoms with Crippen molar-refractivity contribution in [1.82, 2.24) is 5.32 Å². The number of ether oxygens (including phenoxy) is 3. The van der Waals surface area contributed by atoms with Crippen molar-refractivity contribution in [3.63, 3.8) is 0 Å². The molecule has 0 saturated heterocycles. The molecule has 0 radical (unpaired) electrons. The summed E-state index contributed by atoms with van der Waals surface area (Å²) in [6, 6.07) is 24.1. The summed E-state index contributed by atoms with van der Waals surface area (Å²) < 4.78 is 16.2. The lowest BCUT2D eigenvalue weighted by Gasteiger charge is -2.12. The van der Waals surface area contributed by atoms with Gasteiger partial charge in [-0.2, -0.15) is 0 Å². The summed E-state index contributed by atoms with van der Waals surface area (Å²) in [5.74, 6) is -0.998. The average molecular weight is 419 g/mol. The molecule has 31 heavy (non-hydrogen) atoms. The molecule has 0 atom stereocenters. The van der Waals surface area contributed by atoms with Gasteiger partial charge in [0, 0.05) is 5.56 Å². The Hall–Kier alpha value is -4.13. The third-order valence-corrected chi connectivity index (χ3v) is 4.08. The van der Waals surface area contributed by atoms with Gasteiger partial charge in [0.05, 0.1) is 0 Å². The summed E-state index contributed by atoms with van der Waals surface area (Å²) in [5, 5.41) is 2.17. The van der Waals surface area contributed by atoms with Crippen LogP contribution in [-0.2, 0) is 9.53 Å². The van der Waals surface area contributed by atoms with Crippen LogP contribution in [0.15, 0.2) is 84.9 Å². The molecule has 1 N–H and O–H groups in total. The van der Waals surface area contributed by atoms with E-state index in [0.717, 1.165) is 5.75 Å². The molecule has 0 aliphatic carbocycles. The number of rotatable bonds is 9. The molecule has 0 aliphatic heterocycles. The largest absolute Gasteiger partial charge is 0.490 e. The summed E-state index contributed by atoms with van der Waals surface area (Å²) in [5.41, 5.74) is 0.503. The molecule has 7 heteroatoms. The summed E-state index contributed by atoms with van der Waals surface area (Å²) in [6.07, 6.45) is 0. The molecule has 3 aromatic rings. The van der Waals surface area contributed by atoms with Gasteiger partial charge < -0.3 is 14.2 Å². The van der Waals surface area contributed by atoms with Crippen LogP contribution in [0.3, 0.4) is 0 Å². The fraction of sp³-hybridized carbons (Fsp3) is 0.125. The maximum Gasteiger partial charge on any atom is 0.342 e. The average Bonchev–Trinajstić information content (AvgIpc) is 2.82. The van der Waals surface area contributed by atoms with Gasteiger partial charge >= 0.3 is 5.97 Å². The van der Waals surface area contributed by atoms with E-state index in [0.29, 0.717) is 11.3 Å². The summed E-state index contributed by atoms with van der Waals surface area (Å²) >= 11 is 0. The van der Waals surface area contributed by atoms with Crippen molar-refractivity contribution >= 4 is 17.8 Å². The van der Waals surface area contributed by atoms with Gasteiger partial charge in [-0.3, -0.25) is 14.9 Å². The molecule has 0 aliphatic rings. The van der Waals surface area contributed by atoms with E-state index >= 15 is 0 Å². The van der Waals surface area contributed by atoms with Crippen LogP contribution in [0.4, 0.5) is 0 Å². The number of benzene rings is 3. The smallest absolute Gasteiger partial charge is 0.342 e. The van der Waals surface area contributed by atoms with Crippen LogP contribution >= 0.6 is 0 Å². The Kier molecular flexibility index (Phi) is 7.77. The molecule has 2 amide bonds. The first-order valence-corrected chi connectivity index (χ1v) is 9.59. The number of imide groups is 1. The first-order chi connectivity index (χ1) is 15.1. The minimum absolute atomic E-state index is 0.171. The molecule has 7 nitrogen and oxygen atoms in total. The van der Waals surface area contributed by atoms with Crippen molar-refractivity contribution in [1.29, 1.82) is 0 Å². The number of para-hydroxylation sites is 2. The SMILES string of the molecule is O=C(COC(=O)c1ccccc1OCCOc1ccccc1)NC(=O)c1ccccc1. The second kappa shape index (κ2) is 11.2. The van der Waals surface area contributed by atoms with Crippen LogP contribution in [0.1, 0.15) is 20.7 Å². The highest BCUT2D eigenvalue weighted by atomic mass is 16.5. The Morgan fingerprint density at radius 3 is 2.06 bits per heavy atom. The van der Waals surface area contributed by atoms with E-state index in [-0.39, 0.29) is 18.8 Å². The highest BCUT2D eigenvalue weighted by Gasteiger charge is 2.17. The zero-order chi connectivity index (χ0) is 21.9. The number of carbonyl (C=O) groups excluding carboxylic acids is 3. The van der Waals surface area contributed by atoms with Crippen molar-refractivity contribution in [2.24, 2.45) is 0 Å². The molecule has 0 fully saturated rings. The highest BCUT2D eigenvalue weighted by Crippen LogP contribution is 2.19. The highest BCUT2D eigenvalue weighted by molar-refractivity contribution is 6.05. The molecule has 0 unspecified atom stereocenters. The van der Waals surface area contributed by atoms with Crippen molar-refractivity contribution in [3.8, 4) is 11.5 Å². The van der Waals surface area contributed by atoms with Crippen molar-refractivity contribution in [2.75, 3.05) is 19.8 Å². The Labute approximate surface area is 179 Å². The molecule has 3 rings (SSSR count). The zero-order valence-electron chi connectivity index (χ0n) is 16.7. The van der Waals surface area contributed by atoms with E-state index in [9.17, 15) is 14.4 Å². The maximum absolute atomic E-state index is 12.4. The third kappa shape index (κ3) is 6.71. The molecule has 3 aromatic carbocycles. The van der Waals surface area contributed by atoms with E-state index in [1.54, 1.807) is 48.5 Å². The lowest BCUT2D eigenvalue weighted by Crippen LogP contribution is -2.34. The molecule has 0 heterocycles. The van der Waals surface area contributed by atoms with Gasteiger partial charge in [0.15, 0.2) is 6.61 Å². The number of hydrogen-bond acceptors (Lipinski definition) is 6. The van der Waals surface area contributed by atoms with Crippen molar-refractivity contribution in [2.45, 2.75) is 0 Å². The van der Waals surface area contributed by atoms with Crippen LogP contribution in [-0.4, -0.2) is 37.6 Å². The van der Waals surface area contributed by atoms with Crippen LogP contribution in [0.5, 0.6) is 11.5 Å². The summed E-state index contributed by atoms with van der Waals surface area (Å²) in [6.45, 7) is -0.0918. The zero-order valence-corrected chi connectivity index (χ0v) is 16.7. The Morgan fingerprint density at radius 1 is 0.710 bits per heavy atom. The van der Waals surface area contributed by atoms with Crippen LogP contribution in [0.2, 0.25) is 0 Å². The first kappa shape index (κ1) is 21.6. The lowest BCUT2D eigenvalue weighted by atomic mass is 10.2. The molecule has 0 spiro atoms. The molecule has 0 saturated carbocycles. The predicted octanol–water partition coefficient (Wildman–Crippen LogP) is 3.26. The Bertz CT molecular complexity index is 1020. The van der Waals surface area contributed by atoms with Crippen LogP contribution in [0.25, 0.3) is 0 Å². The molecular formula is C24H21NO6. The number of amides is 2. The van der Waals surface area contributed by atoms with E-state index in [1.165, 1.54) is 6.07 Å². The molecule has 158 valence electrons. The van der Waals surface area contributed by atoms with Gasteiger partial charge in [0.2, 0.25) is 0 Å². The van der Waals surface area contributed by atoms with Crippen LogP contribution in [0, 0.1) is 0 Å². The maximum atomic E-state index is 12.4. The number of esters is 1. The molecule has 0 aromatic heterocycles. The van der Waals surface area contributed by atoms with Gasteiger partial charge in [0.1, 0.15) is 30.3 Å². The third-order valence-electron chi connectivity index (χ3n) is 4.08. The van der Waals surface area contributed by atoms with Gasteiger partial charge in [-0.05, 0) is 36.4 Å². The Morgan fingerprint density at radius 2 is 1.32 bits per heavy atom. The Balaban J connectivity index is 1.47. The second-order valence-electron chi connectivity index (χ2n) is 6.33. The van der Waals surface area contributed by atoms with Gasteiger partial charge in [0.25, 0.3) is 11.8 Å². The topological polar surface area (TPSA) is 90.9 Å². The number of nitrogens with one attached hydrogen (secondary N) is 1. The minimum Gasteiger partial charge on any atom is -0.490 e. The van der Waals surface area contributed by atoms with E-state index < -0.39 is 24.4 Å². The van der Waals surface area contributed by atoms with E-state index in [2.05, 4.69) is 5.32 Å². The van der Waals surface area contributed by atoms with Crippen LogP contribution < -0.4 is 14.8 Å². The van der Waals surface area contributed by atoms with Crippen molar-refractivity contribution in [3.05, 3.63) is 96.1 Å². The number of hydrogen-bond donors (Lipinski definition) is 1. The fourth-order valence-electron chi connectivity index (χ4n) is 2.62. The molecule has 0 bridgehead atoms. The monoisotopic (exact) mass is 419 g/mol. The minimum atomic E-state index is -0.734. The summed E-state index contributed by atoms with van der Waals surface area (Å²) in [4.78, 5) is 36.3. The van der Waals surface area contributed by atoms with E-state index in [4.69, 9.17) is 14.2 Å². The lowest BCUT2D eigenvalue weighted by molar-refractivity contribution is -0.123. The fourth-order valence-corrected chi connectivity index (χ4v) is 2.62. The standard InChI is InChI=1S/C24H21NO6/c26-22(25-23(27)18-9-3-1-4-10-18)17-31-24(28)20-13-7-8-14-21(20)30-16-15-29-19-11-5-2-6-12-19/h1-14H,15-17H2,(H,25,26,27). The predicted molar refractivity (Wildman–Crippen MR) is 113 cm³/mol. The number of carbonyl (C=O) groups is 3. The van der Waals surface area contributed by atoms with E-state index in [1.807, 2.05) is 30.3 Å². The van der Waals surface area contributed by atoms with Crippen molar-refractivity contribution < 1.29 is 28.6 Å².